The Hall–Kier alpha value is -3.41. The minimum absolute atomic E-state index is 0.0157. The lowest BCUT2D eigenvalue weighted by molar-refractivity contribution is -0.129. The van der Waals surface area contributed by atoms with Gasteiger partial charge in [0.2, 0.25) is 11.8 Å². The number of benzene rings is 2. The summed E-state index contributed by atoms with van der Waals surface area (Å²) in [6, 6.07) is 17.4. The van der Waals surface area contributed by atoms with E-state index in [0.717, 1.165) is 26.7 Å². The van der Waals surface area contributed by atoms with Crippen LogP contribution in [0, 0.1) is 0 Å². The van der Waals surface area contributed by atoms with Gasteiger partial charge in [-0.05, 0) is 67.9 Å². The second kappa shape index (κ2) is 13.8. The predicted octanol–water partition coefficient (Wildman–Crippen LogP) is 6.15. The summed E-state index contributed by atoms with van der Waals surface area (Å²) in [4.78, 5) is 41.8. The van der Waals surface area contributed by atoms with Crippen LogP contribution in [0.3, 0.4) is 0 Å². The van der Waals surface area contributed by atoms with Crippen LogP contribution in [0.15, 0.2) is 59.5 Å². The number of rotatable bonds is 9. The van der Waals surface area contributed by atoms with Gasteiger partial charge in [-0.25, -0.2) is 4.79 Å². The maximum absolute atomic E-state index is 13.4. The average molecular weight is 597 g/mol. The number of thiophene rings is 1. The minimum atomic E-state index is -0.453. The molecule has 1 aromatic heterocycles. The molecule has 0 bridgehead atoms. The summed E-state index contributed by atoms with van der Waals surface area (Å²) in [5.74, 6) is -0.663. The number of amides is 2. The Bertz CT molecular complexity index is 1390. The van der Waals surface area contributed by atoms with Gasteiger partial charge in [-0.15, -0.1) is 23.1 Å². The predicted molar refractivity (Wildman–Crippen MR) is 166 cm³/mol. The van der Waals surface area contributed by atoms with Crippen molar-refractivity contribution in [3.05, 3.63) is 70.6 Å². The molecule has 1 aliphatic heterocycles. The molecule has 1 atom stereocenters. The van der Waals surface area contributed by atoms with Gasteiger partial charge >= 0.3 is 5.97 Å². The van der Waals surface area contributed by atoms with E-state index in [0.29, 0.717) is 41.6 Å². The first-order valence-corrected chi connectivity index (χ1v) is 15.2. The van der Waals surface area contributed by atoms with E-state index in [1.165, 1.54) is 30.0 Å². The first-order chi connectivity index (χ1) is 19.3. The number of fused-ring (bicyclic) bond motifs is 1. The fourth-order valence-corrected chi connectivity index (χ4v) is 6.82. The van der Waals surface area contributed by atoms with Crippen molar-refractivity contribution in [2.24, 2.45) is 0 Å². The fraction of sp³-hybridized carbons (Fsp3) is 0.310. The van der Waals surface area contributed by atoms with Crippen molar-refractivity contribution in [2.75, 3.05) is 29.1 Å². The van der Waals surface area contributed by atoms with Crippen molar-refractivity contribution in [3.8, 4) is 0 Å². The molecule has 0 aliphatic carbocycles. The standard InChI is InChI=1S/C29H32N4O4S3/c1-4-23(39-21-13-9-12-20(16-21)31-29(38)30-19-10-7-6-8-11-19)26(35)32-27-25(28(36)37-5-2)22-14-15-33(18(3)34)17-24(22)40-27/h6-13,16,23H,4-5,14-15,17H2,1-3H3,(H,32,35)(H2,30,31,38). The highest BCUT2D eigenvalue weighted by molar-refractivity contribution is 8.00. The zero-order chi connectivity index (χ0) is 28.6. The van der Waals surface area contributed by atoms with E-state index in [4.69, 9.17) is 17.0 Å². The Labute approximate surface area is 247 Å². The van der Waals surface area contributed by atoms with E-state index in [2.05, 4.69) is 16.0 Å². The van der Waals surface area contributed by atoms with Gasteiger partial charge in [-0.2, -0.15) is 0 Å². The number of thioether (sulfide) groups is 1. The van der Waals surface area contributed by atoms with Crippen molar-refractivity contribution in [1.29, 1.82) is 0 Å². The third-order valence-electron chi connectivity index (χ3n) is 6.28. The van der Waals surface area contributed by atoms with E-state index >= 15 is 0 Å². The zero-order valence-electron chi connectivity index (χ0n) is 22.6. The Morgan fingerprint density at radius 2 is 1.77 bits per heavy atom. The van der Waals surface area contributed by atoms with Gasteiger partial charge in [-0.1, -0.05) is 31.2 Å². The number of esters is 1. The molecule has 2 heterocycles. The Balaban J connectivity index is 1.46. The van der Waals surface area contributed by atoms with Gasteiger partial charge < -0.3 is 25.6 Å². The third kappa shape index (κ3) is 7.41. The SMILES string of the molecule is CCOC(=O)c1c(NC(=O)C(CC)Sc2cccc(NC(=S)Nc3ccccc3)c2)sc2c1CCN(C(C)=O)C2. The topological polar surface area (TPSA) is 99.8 Å². The molecule has 3 aromatic rings. The number of para-hydroxylation sites is 1. The molecule has 8 nitrogen and oxygen atoms in total. The number of nitrogens with one attached hydrogen (secondary N) is 3. The quantitative estimate of drug-likeness (QED) is 0.154. The Kier molecular flexibility index (Phi) is 10.2. The molecule has 3 N–H and O–H groups in total. The van der Waals surface area contributed by atoms with Gasteiger partial charge in [0, 0.05) is 34.6 Å². The van der Waals surface area contributed by atoms with Gasteiger partial charge in [0.25, 0.3) is 0 Å². The van der Waals surface area contributed by atoms with Crippen LogP contribution in [0.2, 0.25) is 0 Å². The minimum Gasteiger partial charge on any atom is -0.462 e. The number of hydrogen-bond donors (Lipinski definition) is 3. The summed E-state index contributed by atoms with van der Waals surface area (Å²) in [6.07, 6.45) is 1.13. The van der Waals surface area contributed by atoms with Crippen LogP contribution in [0.4, 0.5) is 16.4 Å². The monoisotopic (exact) mass is 596 g/mol. The first kappa shape index (κ1) is 29.6. The summed E-state index contributed by atoms with van der Waals surface area (Å²) >= 11 is 8.23. The van der Waals surface area contributed by atoms with Crippen LogP contribution in [-0.2, 0) is 27.3 Å². The van der Waals surface area contributed by atoms with Crippen molar-refractivity contribution in [2.45, 2.75) is 50.3 Å². The molecular formula is C29H32N4O4S3. The molecule has 1 aliphatic rings. The molecular weight excluding hydrogens is 565 g/mol. The zero-order valence-corrected chi connectivity index (χ0v) is 25.1. The number of nitrogens with zero attached hydrogens (tertiary/aromatic N) is 1. The van der Waals surface area contributed by atoms with Crippen molar-refractivity contribution in [3.63, 3.8) is 0 Å². The molecule has 0 fully saturated rings. The molecule has 1 unspecified atom stereocenters. The van der Waals surface area contributed by atoms with E-state index in [-0.39, 0.29) is 18.4 Å². The highest BCUT2D eigenvalue weighted by Gasteiger charge is 2.31. The lowest BCUT2D eigenvalue weighted by Gasteiger charge is -2.25. The third-order valence-corrected chi connectivity index (χ3v) is 8.98. The summed E-state index contributed by atoms with van der Waals surface area (Å²) in [5, 5.41) is 9.90. The molecule has 0 spiro atoms. The largest absolute Gasteiger partial charge is 0.462 e. The number of ether oxygens (including phenoxy) is 1. The van der Waals surface area contributed by atoms with Crippen LogP contribution in [0.25, 0.3) is 0 Å². The molecule has 0 saturated heterocycles. The van der Waals surface area contributed by atoms with Crippen molar-refractivity contribution < 1.29 is 19.1 Å². The van der Waals surface area contributed by atoms with Gasteiger partial charge in [0.05, 0.1) is 24.0 Å². The highest BCUT2D eigenvalue weighted by atomic mass is 32.2. The van der Waals surface area contributed by atoms with Crippen LogP contribution in [-0.4, -0.2) is 46.2 Å². The van der Waals surface area contributed by atoms with E-state index in [1.54, 1.807) is 11.8 Å². The molecule has 11 heteroatoms. The van der Waals surface area contributed by atoms with Crippen LogP contribution in [0.5, 0.6) is 0 Å². The van der Waals surface area contributed by atoms with Crippen molar-refractivity contribution in [1.82, 2.24) is 4.90 Å². The van der Waals surface area contributed by atoms with Gasteiger partial charge in [0.15, 0.2) is 5.11 Å². The number of carbonyl (C=O) groups is 3. The molecule has 2 amide bonds. The van der Waals surface area contributed by atoms with E-state index in [1.807, 2.05) is 61.5 Å². The fourth-order valence-electron chi connectivity index (χ4n) is 4.32. The maximum Gasteiger partial charge on any atom is 0.341 e. The van der Waals surface area contributed by atoms with E-state index < -0.39 is 11.2 Å². The van der Waals surface area contributed by atoms with Gasteiger partial charge in [-0.3, -0.25) is 9.59 Å². The second-order valence-corrected chi connectivity index (χ2v) is 11.9. The van der Waals surface area contributed by atoms with Crippen LogP contribution < -0.4 is 16.0 Å². The molecule has 4 rings (SSSR count). The number of thiocarbonyl (C=S) groups is 1. The smallest absolute Gasteiger partial charge is 0.341 e. The summed E-state index contributed by atoms with van der Waals surface area (Å²) in [5.41, 5.74) is 2.96. The number of hydrogen-bond acceptors (Lipinski definition) is 7. The summed E-state index contributed by atoms with van der Waals surface area (Å²) < 4.78 is 5.32. The molecule has 0 radical (unpaired) electrons. The number of carbonyl (C=O) groups excluding carboxylic acids is 3. The normalized spacial score (nSPS) is 13.1. The molecule has 2 aromatic carbocycles. The molecule has 0 saturated carbocycles. The summed E-state index contributed by atoms with van der Waals surface area (Å²) in [6.45, 7) is 6.43. The van der Waals surface area contributed by atoms with Crippen molar-refractivity contribution >= 4 is 74.6 Å². The Morgan fingerprint density at radius 1 is 1.05 bits per heavy atom. The lowest BCUT2D eigenvalue weighted by atomic mass is 10.0. The first-order valence-electron chi connectivity index (χ1n) is 13.1. The van der Waals surface area contributed by atoms with Gasteiger partial charge in [0.1, 0.15) is 5.00 Å². The lowest BCUT2D eigenvalue weighted by Crippen LogP contribution is -2.34. The van der Waals surface area contributed by atoms with Crippen LogP contribution in [0.1, 0.15) is 48.0 Å². The Morgan fingerprint density at radius 3 is 2.48 bits per heavy atom. The summed E-state index contributed by atoms with van der Waals surface area (Å²) in [7, 11) is 0. The van der Waals surface area contributed by atoms with Crippen LogP contribution >= 0.6 is 35.3 Å². The maximum atomic E-state index is 13.4. The van der Waals surface area contributed by atoms with E-state index in [9.17, 15) is 14.4 Å². The number of anilines is 3. The molecule has 210 valence electrons. The molecule has 40 heavy (non-hydrogen) atoms. The average Bonchev–Trinajstić information content (AvgIpc) is 3.29. The second-order valence-electron chi connectivity index (χ2n) is 9.10. The highest BCUT2D eigenvalue weighted by Crippen LogP contribution is 2.38.